The number of likely N-dealkylation sites (tertiary alicyclic amines) is 1. The number of aliphatic hydroxyl groups excluding tert-OH is 1. The second-order valence-electron chi connectivity index (χ2n) is 5.66. The van der Waals surface area contributed by atoms with Gasteiger partial charge in [-0.25, -0.2) is 0 Å². The quantitative estimate of drug-likeness (QED) is 0.801. The summed E-state index contributed by atoms with van der Waals surface area (Å²) in [6, 6.07) is 7.38. The van der Waals surface area contributed by atoms with E-state index >= 15 is 0 Å². The zero-order valence-corrected chi connectivity index (χ0v) is 14.6. The van der Waals surface area contributed by atoms with E-state index in [1.807, 2.05) is 29.2 Å². The van der Waals surface area contributed by atoms with Crippen molar-refractivity contribution >= 4 is 29.3 Å². The first-order chi connectivity index (χ1) is 10.6. The number of aliphatic hydroxyl groups is 1. The molecule has 0 bridgehead atoms. The fraction of sp³-hybridized carbons (Fsp3) is 0.588. The number of hydrogen-bond donors (Lipinski definition) is 1. The molecule has 0 saturated carbocycles. The number of halogens is 1. The van der Waals surface area contributed by atoms with E-state index in [0.717, 1.165) is 43.0 Å². The van der Waals surface area contributed by atoms with E-state index in [-0.39, 0.29) is 11.8 Å². The molecule has 1 aromatic carbocycles. The lowest BCUT2D eigenvalue weighted by atomic mass is 9.87. The van der Waals surface area contributed by atoms with Crippen molar-refractivity contribution in [3.63, 3.8) is 0 Å². The molecule has 1 atom stereocenters. The van der Waals surface area contributed by atoms with Crippen molar-refractivity contribution in [3.8, 4) is 0 Å². The summed E-state index contributed by atoms with van der Waals surface area (Å²) in [5.41, 5.74) is 0.911. The Kier molecular flexibility index (Phi) is 7.06. The molecule has 0 radical (unpaired) electrons. The van der Waals surface area contributed by atoms with Gasteiger partial charge in [0.05, 0.1) is 6.10 Å². The Hall–Kier alpha value is -0.710. The van der Waals surface area contributed by atoms with Crippen LogP contribution in [0.25, 0.3) is 0 Å². The highest BCUT2D eigenvalue weighted by Crippen LogP contribution is 2.31. The average Bonchev–Trinajstić information content (AvgIpc) is 2.55. The number of carbonyl (C=O) groups excluding carboxylic acids is 1. The Morgan fingerprint density at radius 3 is 2.59 bits per heavy atom. The Morgan fingerprint density at radius 1 is 1.36 bits per heavy atom. The molecule has 1 aliphatic rings. The second-order valence-corrected chi connectivity index (χ2v) is 7.49. The molecule has 22 heavy (non-hydrogen) atoms. The number of rotatable bonds is 6. The van der Waals surface area contributed by atoms with E-state index in [9.17, 15) is 9.90 Å². The largest absolute Gasteiger partial charge is 0.388 e. The predicted octanol–water partition coefficient (Wildman–Crippen LogP) is 3.76. The molecule has 0 aliphatic carbocycles. The number of piperidine rings is 1. The highest BCUT2D eigenvalue weighted by Gasteiger charge is 2.27. The number of amides is 1. The van der Waals surface area contributed by atoms with Crippen molar-refractivity contribution in [3.05, 3.63) is 34.9 Å². The van der Waals surface area contributed by atoms with E-state index in [2.05, 4.69) is 6.92 Å². The van der Waals surface area contributed by atoms with Crippen LogP contribution >= 0.6 is 23.4 Å². The van der Waals surface area contributed by atoms with Gasteiger partial charge in [0.1, 0.15) is 0 Å². The summed E-state index contributed by atoms with van der Waals surface area (Å²) in [6.45, 7) is 3.62. The molecule has 1 saturated heterocycles. The van der Waals surface area contributed by atoms with Gasteiger partial charge in [-0.2, -0.15) is 11.8 Å². The van der Waals surface area contributed by atoms with Crippen LogP contribution < -0.4 is 0 Å². The van der Waals surface area contributed by atoms with Crippen LogP contribution in [0.5, 0.6) is 0 Å². The first-order valence-electron chi connectivity index (χ1n) is 7.91. The van der Waals surface area contributed by atoms with Crippen LogP contribution in [0.15, 0.2) is 24.3 Å². The first kappa shape index (κ1) is 17.6. The number of benzene rings is 1. The number of nitrogens with zero attached hydrogens (tertiary/aromatic N) is 1. The van der Waals surface area contributed by atoms with Gasteiger partial charge in [0.15, 0.2) is 0 Å². The molecule has 0 spiro atoms. The lowest BCUT2D eigenvalue weighted by Gasteiger charge is -2.34. The third kappa shape index (κ3) is 4.90. The van der Waals surface area contributed by atoms with Crippen molar-refractivity contribution in [1.82, 2.24) is 4.90 Å². The van der Waals surface area contributed by atoms with E-state index in [4.69, 9.17) is 11.6 Å². The molecule has 122 valence electrons. The molecule has 5 heteroatoms. The molecule has 0 aromatic heterocycles. The minimum Gasteiger partial charge on any atom is -0.388 e. The molecule has 1 N–H and O–H groups in total. The van der Waals surface area contributed by atoms with Crippen molar-refractivity contribution in [1.29, 1.82) is 0 Å². The van der Waals surface area contributed by atoms with Gasteiger partial charge in [-0.15, -0.1) is 0 Å². The van der Waals surface area contributed by atoms with Crippen LogP contribution in [-0.4, -0.2) is 40.5 Å². The summed E-state index contributed by atoms with van der Waals surface area (Å²) in [5.74, 6) is 2.43. The van der Waals surface area contributed by atoms with Gasteiger partial charge < -0.3 is 10.0 Å². The third-order valence-electron chi connectivity index (χ3n) is 4.21. The third-order valence-corrected chi connectivity index (χ3v) is 5.37. The van der Waals surface area contributed by atoms with Crippen LogP contribution in [0.2, 0.25) is 5.02 Å². The average molecular weight is 342 g/mol. The smallest absolute Gasteiger partial charge is 0.223 e. The van der Waals surface area contributed by atoms with Gasteiger partial charge in [-0.1, -0.05) is 30.7 Å². The summed E-state index contributed by atoms with van der Waals surface area (Å²) in [5, 5.41) is 11.2. The number of carbonyl (C=O) groups is 1. The van der Waals surface area contributed by atoms with Crippen LogP contribution in [-0.2, 0) is 4.79 Å². The SMILES string of the molecule is CCSCCC(=O)N1CCC(C(O)c2ccc(Cl)cc2)CC1. The van der Waals surface area contributed by atoms with Gasteiger partial charge in [0.25, 0.3) is 0 Å². The van der Waals surface area contributed by atoms with E-state index in [0.29, 0.717) is 11.4 Å². The van der Waals surface area contributed by atoms with Crippen LogP contribution in [0.4, 0.5) is 0 Å². The Labute approximate surface area is 142 Å². The number of hydrogen-bond acceptors (Lipinski definition) is 3. The van der Waals surface area contributed by atoms with Crippen LogP contribution in [0, 0.1) is 5.92 Å². The van der Waals surface area contributed by atoms with Crippen molar-refractivity contribution in [2.75, 3.05) is 24.6 Å². The normalized spacial score (nSPS) is 17.5. The number of thioether (sulfide) groups is 1. The zero-order valence-electron chi connectivity index (χ0n) is 13.0. The zero-order chi connectivity index (χ0) is 15.9. The van der Waals surface area contributed by atoms with E-state index < -0.39 is 6.10 Å². The fourth-order valence-electron chi connectivity index (χ4n) is 2.86. The molecular weight excluding hydrogens is 318 g/mol. The maximum atomic E-state index is 12.1. The summed E-state index contributed by atoms with van der Waals surface area (Å²) < 4.78 is 0. The molecule has 1 amide bonds. The standard InChI is InChI=1S/C17H24ClNO2S/c1-2-22-12-9-16(20)19-10-7-14(8-11-19)17(21)13-3-5-15(18)6-4-13/h3-6,14,17,21H,2,7-12H2,1H3. The molecule has 3 nitrogen and oxygen atoms in total. The molecule has 1 heterocycles. The van der Waals surface area contributed by atoms with Crippen molar-refractivity contribution in [2.45, 2.75) is 32.3 Å². The second kappa shape index (κ2) is 8.80. The first-order valence-corrected chi connectivity index (χ1v) is 9.44. The van der Waals surface area contributed by atoms with Crippen molar-refractivity contribution < 1.29 is 9.90 Å². The summed E-state index contributed by atoms with van der Waals surface area (Å²) in [6.07, 6.45) is 1.88. The van der Waals surface area contributed by atoms with Gasteiger partial charge in [0.2, 0.25) is 5.91 Å². The van der Waals surface area contributed by atoms with E-state index in [1.54, 1.807) is 11.8 Å². The Bertz CT molecular complexity index is 472. The molecule has 1 unspecified atom stereocenters. The lowest BCUT2D eigenvalue weighted by molar-refractivity contribution is -0.132. The highest BCUT2D eigenvalue weighted by atomic mass is 35.5. The van der Waals surface area contributed by atoms with E-state index in [1.165, 1.54) is 0 Å². The van der Waals surface area contributed by atoms with Crippen LogP contribution in [0.3, 0.4) is 0 Å². The predicted molar refractivity (Wildman–Crippen MR) is 93.3 cm³/mol. The topological polar surface area (TPSA) is 40.5 Å². The minimum absolute atomic E-state index is 0.218. The minimum atomic E-state index is -0.467. The maximum absolute atomic E-state index is 12.1. The molecule has 1 aliphatic heterocycles. The molecule has 1 fully saturated rings. The maximum Gasteiger partial charge on any atom is 0.223 e. The highest BCUT2D eigenvalue weighted by molar-refractivity contribution is 7.99. The fourth-order valence-corrected chi connectivity index (χ4v) is 3.59. The van der Waals surface area contributed by atoms with Gasteiger partial charge >= 0.3 is 0 Å². The summed E-state index contributed by atoms with van der Waals surface area (Å²) in [4.78, 5) is 14.0. The molecule has 2 rings (SSSR count). The lowest BCUT2D eigenvalue weighted by Crippen LogP contribution is -2.39. The monoisotopic (exact) mass is 341 g/mol. The Morgan fingerprint density at radius 2 is 2.00 bits per heavy atom. The van der Waals surface area contributed by atoms with Gasteiger partial charge in [0, 0.05) is 30.3 Å². The van der Waals surface area contributed by atoms with Gasteiger partial charge in [-0.05, 0) is 42.2 Å². The molecule has 1 aromatic rings. The summed E-state index contributed by atoms with van der Waals surface area (Å²) in [7, 11) is 0. The summed E-state index contributed by atoms with van der Waals surface area (Å²) >= 11 is 7.69. The van der Waals surface area contributed by atoms with Crippen LogP contribution in [0.1, 0.15) is 37.9 Å². The Balaban J connectivity index is 1.81. The van der Waals surface area contributed by atoms with Crippen molar-refractivity contribution in [2.24, 2.45) is 5.92 Å². The molecular formula is C17H24ClNO2S. The van der Waals surface area contributed by atoms with Gasteiger partial charge in [-0.3, -0.25) is 4.79 Å².